The predicted molar refractivity (Wildman–Crippen MR) is 130 cm³/mol. The van der Waals surface area contributed by atoms with Crippen molar-refractivity contribution in [2.45, 2.75) is 29.3 Å². The van der Waals surface area contributed by atoms with Crippen LogP contribution in [-0.2, 0) is 4.79 Å². The first-order valence-electron chi connectivity index (χ1n) is 10.9. The number of hydrogen-bond acceptors (Lipinski definition) is 6. The number of carbonyl (C=O) groups is 1. The van der Waals surface area contributed by atoms with E-state index < -0.39 is 10.2 Å². The molecule has 1 heterocycles. The van der Waals surface area contributed by atoms with Crippen LogP contribution in [0.4, 0.5) is 5.69 Å². The molecule has 1 aliphatic carbocycles. The van der Waals surface area contributed by atoms with Crippen LogP contribution in [0.2, 0.25) is 0 Å². The zero-order valence-corrected chi connectivity index (χ0v) is 18.9. The van der Waals surface area contributed by atoms with Crippen molar-refractivity contribution in [2.75, 3.05) is 0 Å². The Morgan fingerprint density at radius 3 is 2.24 bits per heavy atom. The minimum atomic E-state index is -0.502. The number of aromatic nitrogens is 3. The summed E-state index contributed by atoms with van der Waals surface area (Å²) in [5, 5.41) is 23.1. The van der Waals surface area contributed by atoms with E-state index in [-0.39, 0.29) is 17.6 Å². The van der Waals surface area contributed by atoms with Gasteiger partial charge in [0.05, 0.1) is 4.92 Å². The van der Waals surface area contributed by atoms with E-state index >= 15 is 0 Å². The number of nitro benzene ring substituents is 1. The Morgan fingerprint density at radius 1 is 0.971 bits per heavy atom. The summed E-state index contributed by atoms with van der Waals surface area (Å²) in [5.41, 5.74) is 2.40. The lowest BCUT2D eigenvalue weighted by Gasteiger charge is -2.17. The summed E-state index contributed by atoms with van der Waals surface area (Å²) in [6.45, 7) is 0. The van der Waals surface area contributed by atoms with E-state index in [0.29, 0.717) is 16.5 Å². The number of amides is 1. The first-order chi connectivity index (χ1) is 16.6. The monoisotopic (exact) mass is 471 g/mol. The second-order valence-electron chi connectivity index (χ2n) is 7.97. The molecule has 0 aliphatic heterocycles. The molecule has 1 aliphatic rings. The fourth-order valence-electron chi connectivity index (χ4n) is 3.59. The van der Waals surface area contributed by atoms with Crippen LogP contribution in [-0.4, -0.2) is 31.6 Å². The molecule has 1 N–H and O–H groups in total. The minimum absolute atomic E-state index is 0.00464. The maximum absolute atomic E-state index is 13.2. The Hall–Kier alpha value is -3.98. The van der Waals surface area contributed by atoms with E-state index in [4.69, 9.17) is 0 Å². The van der Waals surface area contributed by atoms with E-state index in [0.717, 1.165) is 24.1 Å². The molecule has 3 aromatic carbocycles. The van der Waals surface area contributed by atoms with Crippen molar-refractivity contribution in [3.8, 4) is 17.1 Å². The van der Waals surface area contributed by atoms with Crippen molar-refractivity contribution in [2.24, 2.45) is 0 Å². The van der Waals surface area contributed by atoms with Crippen LogP contribution in [0.25, 0.3) is 17.1 Å². The lowest BCUT2D eigenvalue weighted by Crippen LogP contribution is -2.29. The normalized spacial score (nSPS) is 13.9. The SMILES string of the molecule is O=C(NC1CC1)[C@H](Sc1nnc(-c2ccc([N+](=O)[O-])cc2)n1-c1ccccc1)c1ccccc1. The second-order valence-corrected chi connectivity index (χ2v) is 9.04. The summed E-state index contributed by atoms with van der Waals surface area (Å²) in [5.74, 6) is 0.483. The molecule has 4 aromatic rings. The fourth-order valence-corrected chi connectivity index (χ4v) is 4.65. The number of nitrogens with zero attached hydrogens (tertiary/aromatic N) is 4. The number of thioether (sulfide) groups is 1. The zero-order chi connectivity index (χ0) is 23.5. The fraction of sp³-hybridized carbons (Fsp3) is 0.160. The van der Waals surface area contributed by atoms with E-state index in [1.54, 1.807) is 12.1 Å². The van der Waals surface area contributed by atoms with Gasteiger partial charge in [0.25, 0.3) is 5.69 Å². The molecule has 0 bridgehead atoms. The molecule has 0 unspecified atom stereocenters. The van der Waals surface area contributed by atoms with Crippen molar-refractivity contribution in [1.29, 1.82) is 0 Å². The highest BCUT2D eigenvalue weighted by molar-refractivity contribution is 8.00. The van der Waals surface area contributed by atoms with Gasteiger partial charge in [0, 0.05) is 29.4 Å². The van der Waals surface area contributed by atoms with Gasteiger partial charge in [0.2, 0.25) is 5.91 Å². The van der Waals surface area contributed by atoms with Gasteiger partial charge < -0.3 is 5.32 Å². The molecule has 1 aromatic heterocycles. The quantitative estimate of drug-likeness (QED) is 0.221. The van der Waals surface area contributed by atoms with Crippen LogP contribution in [0.3, 0.4) is 0 Å². The molecule has 34 heavy (non-hydrogen) atoms. The van der Waals surface area contributed by atoms with Crippen molar-refractivity contribution in [3.05, 3.63) is 101 Å². The molecule has 5 rings (SSSR count). The molecule has 1 amide bonds. The van der Waals surface area contributed by atoms with E-state index in [1.165, 1.54) is 23.9 Å². The first-order valence-corrected chi connectivity index (χ1v) is 11.8. The lowest BCUT2D eigenvalue weighted by molar-refractivity contribution is -0.384. The Bertz CT molecular complexity index is 1310. The van der Waals surface area contributed by atoms with Gasteiger partial charge in [-0.25, -0.2) is 0 Å². The Morgan fingerprint density at radius 2 is 1.62 bits per heavy atom. The highest BCUT2D eigenvalue weighted by atomic mass is 32.2. The van der Waals surface area contributed by atoms with Crippen molar-refractivity contribution in [1.82, 2.24) is 20.1 Å². The molecule has 1 atom stereocenters. The predicted octanol–water partition coefficient (Wildman–Crippen LogP) is 4.95. The van der Waals surface area contributed by atoms with E-state index in [1.807, 2.05) is 65.2 Å². The number of carbonyl (C=O) groups excluding carboxylic acids is 1. The summed E-state index contributed by atoms with van der Waals surface area (Å²) >= 11 is 1.33. The molecule has 0 saturated heterocycles. The molecule has 170 valence electrons. The molecule has 9 heteroatoms. The van der Waals surface area contributed by atoms with Gasteiger partial charge in [-0.15, -0.1) is 10.2 Å². The number of nitro groups is 1. The first kappa shape index (κ1) is 21.8. The van der Waals surface area contributed by atoms with Gasteiger partial charge in [-0.3, -0.25) is 19.5 Å². The molecule has 0 spiro atoms. The largest absolute Gasteiger partial charge is 0.352 e. The van der Waals surface area contributed by atoms with Crippen molar-refractivity contribution >= 4 is 23.4 Å². The topological polar surface area (TPSA) is 103 Å². The van der Waals surface area contributed by atoms with Crippen LogP contribution >= 0.6 is 11.8 Å². The van der Waals surface area contributed by atoms with Gasteiger partial charge >= 0.3 is 0 Å². The third-order valence-corrected chi connectivity index (χ3v) is 6.67. The van der Waals surface area contributed by atoms with Crippen molar-refractivity contribution < 1.29 is 9.72 Å². The van der Waals surface area contributed by atoms with Gasteiger partial charge in [0.1, 0.15) is 5.25 Å². The number of rotatable bonds is 8. The zero-order valence-electron chi connectivity index (χ0n) is 18.1. The number of hydrogen-bond donors (Lipinski definition) is 1. The average Bonchev–Trinajstić information content (AvgIpc) is 3.59. The Kier molecular flexibility index (Phi) is 6.09. The summed E-state index contributed by atoms with van der Waals surface area (Å²) in [4.78, 5) is 23.8. The maximum atomic E-state index is 13.2. The summed E-state index contributed by atoms with van der Waals surface area (Å²) < 4.78 is 1.88. The molecule has 8 nitrogen and oxygen atoms in total. The lowest BCUT2D eigenvalue weighted by atomic mass is 10.1. The highest BCUT2D eigenvalue weighted by Gasteiger charge is 2.31. The summed E-state index contributed by atoms with van der Waals surface area (Å²) in [6, 6.07) is 25.7. The van der Waals surface area contributed by atoms with Gasteiger partial charge in [-0.1, -0.05) is 60.3 Å². The highest BCUT2D eigenvalue weighted by Crippen LogP contribution is 2.38. The summed E-state index contributed by atoms with van der Waals surface area (Å²) in [6.07, 6.45) is 2.00. The molecule has 0 radical (unpaired) electrons. The minimum Gasteiger partial charge on any atom is -0.352 e. The second kappa shape index (κ2) is 9.48. The molecular weight excluding hydrogens is 450 g/mol. The third kappa shape index (κ3) is 4.69. The smallest absolute Gasteiger partial charge is 0.269 e. The maximum Gasteiger partial charge on any atom is 0.269 e. The number of para-hydroxylation sites is 1. The van der Waals surface area contributed by atoms with Crippen molar-refractivity contribution in [3.63, 3.8) is 0 Å². The number of non-ortho nitro benzene ring substituents is 1. The van der Waals surface area contributed by atoms with Gasteiger partial charge in [-0.2, -0.15) is 0 Å². The average molecular weight is 472 g/mol. The molecular formula is C25H21N5O3S. The van der Waals surface area contributed by atoms with Gasteiger partial charge in [0.15, 0.2) is 11.0 Å². The van der Waals surface area contributed by atoms with Crippen LogP contribution in [0.15, 0.2) is 90.1 Å². The standard InChI is InChI=1S/C25H21N5O3S/c31-24(26-19-13-14-19)22(17-7-3-1-4-8-17)34-25-28-27-23(29(25)20-9-5-2-6-10-20)18-11-15-21(16-12-18)30(32)33/h1-12,15-16,19,22H,13-14H2,(H,26,31)/t22-/m1/s1. The van der Waals surface area contributed by atoms with E-state index in [9.17, 15) is 14.9 Å². The Labute approximate surface area is 200 Å². The van der Waals surface area contributed by atoms with Crippen LogP contribution in [0.5, 0.6) is 0 Å². The van der Waals surface area contributed by atoms with Crippen LogP contribution in [0, 0.1) is 10.1 Å². The summed E-state index contributed by atoms with van der Waals surface area (Å²) in [7, 11) is 0. The Balaban J connectivity index is 1.56. The van der Waals surface area contributed by atoms with Crippen LogP contribution in [0.1, 0.15) is 23.7 Å². The van der Waals surface area contributed by atoms with E-state index in [2.05, 4.69) is 15.5 Å². The third-order valence-electron chi connectivity index (χ3n) is 5.47. The number of nitrogens with one attached hydrogen (secondary N) is 1. The van der Waals surface area contributed by atoms with Gasteiger partial charge in [-0.05, 0) is 42.7 Å². The molecule has 1 fully saturated rings. The van der Waals surface area contributed by atoms with Crippen LogP contribution < -0.4 is 5.32 Å². The molecule has 1 saturated carbocycles. The number of benzene rings is 3.